The molecule has 0 saturated heterocycles. The van der Waals surface area contributed by atoms with Crippen LogP contribution in [0.1, 0.15) is 52.7 Å². The highest BCUT2D eigenvalue weighted by Crippen LogP contribution is 2.32. The fourth-order valence-corrected chi connectivity index (χ4v) is 3.93. The van der Waals surface area contributed by atoms with Crippen LogP contribution in [0.4, 0.5) is 0 Å². The van der Waals surface area contributed by atoms with Crippen molar-refractivity contribution in [2.45, 2.75) is 40.2 Å². The monoisotopic (exact) mass is 432 g/mol. The van der Waals surface area contributed by atoms with E-state index in [4.69, 9.17) is 14.2 Å². The van der Waals surface area contributed by atoms with E-state index in [2.05, 4.69) is 20.6 Å². The van der Waals surface area contributed by atoms with Crippen molar-refractivity contribution in [3.8, 4) is 11.5 Å². The van der Waals surface area contributed by atoms with Crippen LogP contribution in [-0.2, 0) is 11.2 Å². The minimum absolute atomic E-state index is 0.0970. The Labute approximate surface area is 180 Å². The molecule has 0 bridgehead atoms. The fourth-order valence-electron chi connectivity index (χ4n) is 2.97. The molecule has 2 heterocycles. The van der Waals surface area contributed by atoms with Crippen molar-refractivity contribution in [1.29, 1.82) is 0 Å². The number of esters is 1. The van der Waals surface area contributed by atoms with Gasteiger partial charge in [-0.25, -0.2) is 9.78 Å². The van der Waals surface area contributed by atoms with E-state index in [9.17, 15) is 4.79 Å². The summed E-state index contributed by atoms with van der Waals surface area (Å²) >= 11 is 1.35. The lowest BCUT2D eigenvalue weighted by atomic mass is 10.1. The molecule has 9 heteroatoms. The van der Waals surface area contributed by atoms with Crippen LogP contribution in [0.5, 0.6) is 11.5 Å². The number of rotatable bonds is 8. The van der Waals surface area contributed by atoms with Gasteiger partial charge in [0.15, 0.2) is 17.5 Å². The number of aliphatic imine (C=N–C) groups is 1. The number of hydrogen-bond donors (Lipinski definition) is 2. The topological polar surface area (TPSA) is 94.1 Å². The maximum Gasteiger partial charge on any atom is 0.350 e. The molecule has 0 saturated carbocycles. The zero-order valence-corrected chi connectivity index (χ0v) is 18.6. The average Bonchev–Trinajstić information content (AvgIpc) is 3.34. The summed E-state index contributed by atoms with van der Waals surface area (Å²) in [5, 5.41) is 7.44. The predicted octanol–water partition coefficient (Wildman–Crippen LogP) is 3.22. The summed E-state index contributed by atoms with van der Waals surface area (Å²) in [6.07, 6.45) is 0.783. The van der Waals surface area contributed by atoms with E-state index in [0.29, 0.717) is 29.7 Å². The molecule has 1 aliphatic rings. The normalized spacial score (nSPS) is 13.8. The molecule has 0 aliphatic carbocycles. The second-order valence-electron chi connectivity index (χ2n) is 6.75. The Morgan fingerprint density at radius 2 is 2.13 bits per heavy atom. The number of guanidine groups is 1. The van der Waals surface area contributed by atoms with Gasteiger partial charge in [0, 0.05) is 13.1 Å². The highest BCUT2D eigenvalue weighted by atomic mass is 32.1. The summed E-state index contributed by atoms with van der Waals surface area (Å²) in [7, 11) is 0. The number of benzene rings is 1. The molecule has 1 aromatic heterocycles. The van der Waals surface area contributed by atoms with Gasteiger partial charge in [-0.2, -0.15) is 0 Å². The molecule has 0 amide bonds. The van der Waals surface area contributed by atoms with Crippen LogP contribution >= 0.6 is 11.3 Å². The van der Waals surface area contributed by atoms with Gasteiger partial charge < -0.3 is 24.8 Å². The highest BCUT2D eigenvalue weighted by Gasteiger charge is 2.20. The van der Waals surface area contributed by atoms with E-state index in [1.165, 1.54) is 11.3 Å². The largest absolute Gasteiger partial charge is 0.462 e. The van der Waals surface area contributed by atoms with Gasteiger partial charge in [-0.15, -0.1) is 11.3 Å². The molecular formula is C21H28N4O4S. The predicted molar refractivity (Wildman–Crippen MR) is 117 cm³/mol. The molecule has 2 aromatic rings. The summed E-state index contributed by atoms with van der Waals surface area (Å²) < 4.78 is 15.9. The molecular weight excluding hydrogens is 404 g/mol. The summed E-state index contributed by atoms with van der Waals surface area (Å²) in [5.41, 5.74) is 1.83. The second-order valence-corrected chi connectivity index (χ2v) is 7.78. The molecule has 1 aliphatic heterocycles. The number of fused-ring (bicyclic) bond motifs is 1. The van der Waals surface area contributed by atoms with Gasteiger partial charge in [0.25, 0.3) is 0 Å². The Kier molecular flexibility index (Phi) is 7.51. The van der Waals surface area contributed by atoms with Gasteiger partial charge in [0.2, 0.25) is 6.79 Å². The van der Waals surface area contributed by atoms with Crippen LogP contribution < -0.4 is 20.1 Å². The number of carbonyl (C=O) groups excluding carboxylic acids is 1. The summed E-state index contributed by atoms with van der Waals surface area (Å²) in [6, 6.07) is 5.86. The van der Waals surface area contributed by atoms with E-state index >= 15 is 0 Å². The lowest BCUT2D eigenvalue weighted by Gasteiger charge is -2.16. The van der Waals surface area contributed by atoms with E-state index in [1.807, 2.05) is 39.0 Å². The minimum atomic E-state index is -0.324. The minimum Gasteiger partial charge on any atom is -0.462 e. The number of aromatic nitrogens is 1. The van der Waals surface area contributed by atoms with Crippen molar-refractivity contribution in [1.82, 2.24) is 15.6 Å². The van der Waals surface area contributed by atoms with Crippen molar-refractivity contribution in [2.75, 3.05) is 26.5 Å². The third kappa shape index (κ3) is 5.41. The fraction of sp³-hybridized carbons (Fsp3) is 0.476. The van der Waals surface area contributed by atoms with Crippen molar-refractivity contribution in [2.24, 2.45) is 4.99 Å². The summed E-state index contributed by atoms with van der Waals surface area (Å²) in [6.45, 7) is 9.62. The van der Waals surface area contributed by atoms with Crippen molar-refractivity contribution >= 4 is 23.3 Å². The van der Waals surface area contributed by atoms with Crippen LogP contribution in [0.2, 0.25) is 0 Å². The first-order valence-electron chi connectivity index (χ1n) is 10.1. The number of nitrogens with one attached hydrogen (secondary N) is 2. The number of carbonyl (C=O) groups is 1. The van der Waals surface area contributed by atoms with Crippen LogP contribution in [0.25, 0.3) is 0 Å². The van der Waals surface area contributed by atoms with Gasteiger partial charge >= 0.3 is 5.97 Å². The molecule has 162 valence electrons. The highest BCUT2D eigenvalue weighted by molar-refractivity contribution is 7.13. The van der Waals surface area contributed by atoms with E-state index in [1.54, 1.807) is 6.92 Å². The third-order valence-corrected chi connectivity index (χ3v) is 5.77. The van der Waals surface area contributed by atoms with Crippen molar-refractivity contribution < 1.29 is 19.0 Å². The molecule has 1 aromatic carbocycles. The molecule has 1 unspecified atom stereocenters. The van der Waals surface area contributed by atoms with E-state index < -0.39 is 0 Å². The summed E-state index contributed by atoms with van der Waals surface area (Å²) in [4.78, 5) is 21.8. The zero-order chi connectivity index (χ0) is 21.5. The van der Waals surface area contributed by atoms with Crippen LogP contribution in [0.3, 0.4) is 0 Å². The van der Waals surface area contributed by atoms with Gasteiger partial charge in [-0.05, 0) is 51.8 Å². The van der Waals surface area contributed by atoms with E-state index in [0.717, 1.165) is 35.0 Å². The quantitative estimate of drug-likeness (QED) is 0.376. The van der Waals surface area contributed by atoms with Crippen LogP contribution in [0, 0.1) is 6.92 Å². The van der Waals surface area contributed by atoms with Crippen molar-refractivity contribution in [3.05, 3.63) is 39.3 Å². The maximum atomic E-state index is 12.0. The molecule has 8 nitrogen and oxygen atoms in total. The number of thiazole rings is 1. The first-order valence-corrected chi connectivity index (χ1v) is 10.9. The molecule has 30 heavy (non-hydrogen) atoms. The van der Waals surface area contributed by atoms with Crippen molar-refractivity contribution in [3.63, 3.8) is 0 Å². The average molecular weight is 433 g/mol. The molecule has 1 atom stereocenters. The van der Waals surface area contributed by atoms with Gasteiger partial charge in [-0.1, -0.05) is 6.07 Å². The number of hydrogen-bond acceptors (Lipinski definition) is 7. The Bertz CT molecular complexity index is 912. The standard InChI is InChI=1S/C21H28N4O4S/c1-5-22-21(23-10-9-15-7-8-16-17(11-15)29-12-28-16)25-14(4)19-24-13(3)18(30-19)20(26)27-6-2/h7-8,11,14H,5-6,9-10,12H2,1-4H3,(H2,22,23,25). The summed E-state index contributed by atoms with van der Waals surface area (Å²) in [5.74, 6) is 1.95. The Balaban J connectivity index is 1.61. The first kappa shape index (κ1) is 21.9. The maximum absolute atomic E-state index is 12.0. The van der Waals surface area contributed by atoms with E-state index in [-0.39, 0.29) is 18.8 Å². The SMILES string of the molecule is CCNC(=NCCc1ccc2c(c1)OCO2)NC(C)c1nc(C)c(C(=O)OCC)s1. The zero-order valence-electron chi connectivity index (χ0n) is 17.8. The third-order valence-electron chi connectivity index (χ3n) is 4.45. The van der Waals surface area contributed by atoms with Gasteiger partial charge in [-0.3, -0.25) is 4.99 Å². The smallest absolute Gasteiger partial charge is 0.350 e. The molecule has 3 rings (SSSR count). The Morgan fingerprint density at radius 1 is 1.33 bits per heavy atom. The molecule has 0 spiro atoms. The number of ether oxygens (including phenoxy) is 3. The lowest BCUT2D eigenvalue weighted by Crippen LogP contribution is -2.38. The Morgan fingerprint density at radius 3 is 2.90 bits per heavy atom. The van der Waals surface area contributed by atoms with Gasteiger partial charge in [0.05, 0.1) is 18.3 Å². The van der Waals surface area contributed by atoms with Crippen LogP contribution in [-0.4, -0.2) is 43.4 Å². The molecule has 2 N–H and O–H groups in total. The molecule has 0 fully saturated rings. The second kappa shape index (κ2) is 10.3. The number of aryl methyl sites for hydroxylation is 1. The Hall–Kier alpha value is -2.81. The first-order chi connectivity index (χ1) is 14.5. The van der Waals surface area contributed by atoms with Crippen LogP contribution in [0.15, 0.2) is 23.2 Å². The molecule has 0 radical (unpaired) electrons. The number of nitrogens with zero attached hydrogens (tertiary/aromatic N) is 2. The lowest BCUT2D eigenvalue weighted by molar-refractivity contribution is 0.0531. The van der Waals surface area contributed by atoms with Gasteiger partial charge in [0.1, 0.15) is 9.88 Å².